The molecule has 3 radical (unpaired) electrons. The first-order valence-electron chi connectivity index (χ1n) is 9.03. The molecule has 1 heterocycles. The van der Waals surface area contributed by atoms with Crippen LogP contribution in [0.2, 0.25) is 0 Å². The van der Waals surface area contributed by atoms with Gasteiger partial charge in [-0.1, -0.05) is 37.3 Å². The number of rotatable bonds is 3. The number of hydrogen-bond donors (Lipinski definition) is 1. The Morgan fingerprint density at radius 3 is 2.44 bits per heavy atom. The minimum atomic E-state index is -0.198. The number of fused-ring (bicyclic) bond motifs is 2. The smallest absolute Gasteiger partial charge is 0.229 e. The first-order chi connectivity index (χ1) is 11.5. The summed E-state index contributed by atoms with van der Waals surface area (Å²) < 4.78 is 0. The topological polar surface area (TPSA) is 46.3 Å². The Kier molecular flexibility index (Phi) is 4.67. The van der Waals surface area contributed by atoms with E-state index in [2.05, 4.69) is 37.3 Å². The molecule has 1 aliphatic heterocycles. The van der Waals surface area contributed by atoms with Crippen molar-refractivity contribution in [2.45, 2.75) is 32.6 Å². The molecule has 1 amide bonds. The molecule has 25 heavy (non-hydrogen) atoms. The lowest BCUT2D eigenvalue weighted by Gasteiger charge is -2.24. The van der Waals surface area contributed by atoms with Crippen LogP contribution >= 0.6 is 0 Å². The zero-order chi connectivity index (χ0) is 16.9. The zero-order valence-corrected chi connectivity index (χ0v) is 15.2. The number of likely N-dealkylation sites (tertiary alicyclic amines) is 1. The van der Waals surface area contributed by atoms with Crippen molar-refractivity contribution in [3.63, 3.8) is 0 Å². The van der Waals surface area contributed by atoms with Crippen LogP contribution < -0.4 is 5.73 Å². The fourth-order valence-electron chi connectivity index (χ4n) is 4.73. The highest BCUT2D eigenvalue weighted by atomic mass is 16.2. The van der Waals surface area contributed by atoms with Crippen molar-refractivity contribution in [2.24, 2.45) is 17.1 Å². The Labute approximate surface area is 152 Å². The summed E-state index contributed by atoms with van der Waals surface area (Å²) in [6, 6.07) is 11.4. The Balaban J connectivity index is 0.00000182. The van der Waals surface area contributed by atoms with Crippen molar-refractivity contribution in [3.05, 3.63) is 47.0 Å². The molecule has 1 aliphatic carbocycles. The van der Waals surface area contributed by atoms with Gasteiger partial charge in [0, 0.05) is 22.0 Å². The molecule has 4 rings (SSSR count). The van der Waals surface area contributed by atoms with E-state index < -0.39 is 0 Å². The van der Waals surface area contributed by atoms with Gasteiger partial charge < -0.3 is 10.6 Å². The molecular formula is C21H26BN2O. The molecule has 2 aromatic carbocycles. The highest BCUT2D eigenvalue weighted by molar-refractivity contribution is 5.89. The predicted molar refractivity (Wildman–Crippen MR) is 104 cm³/mol. The van der Waals surface area contributed by atoms with E-state index in [0.717, 1.165) is 38.8 Å². The van der Waals surface area contributed by atoms with Gasteiger partial charge in [-0.2, -0.15) is 0 Å². The van der Waals surface area contributed by atoms with Crippen LogP contribution in [0.5, 0.6) is 0 Å². The highest BCUT2D eigenvalue weighted by Crippen LogP contribution is 2.48. The number of carbonyl (C=O) groups is 1. The summed E-state index contributed by atoms with van der Waals surface area (Å²) in [7, 11) is 1.94. The highest BCUT2D eigenvalue weighted by Gasteiger charge is 2.53. The van der Waals surface area contributed by atoms with Crippen LogP contribution in [-0.2, 0) is 24.1 Å². The van der Waals surface area contributed by atoms with Crippen molar-refractivity contribution in [1.82, 2.24) is 4.90 Å². The fraction of sp³-hybridized carbons (Fsp3) is 0.476. The minimum absolute atomic E-state index is 0. The third-order valence-corrected chi connectivity index (χ3v) is 6.17. The Morgan fingerprint density at radius 2 is 1.84 bits per heavy atom. The predicted octanol–water partition coefficient (Wildman–Crippen LogP) is 2.54. The summed E-state index contributed by atoms with van der Waals surface area (Å²) in [6.07, 6.45) is 3.86. The van der Waals surface area contributed by atoms with Crippen molar-refractivity contribution in [3.8, 4) is 0 Å². The molecule has 0 bridgehead atoms. The van der Waals surface area contributed by atoms with Gasteiger partial charge in [0.05, 0.1) is 5.41 Å². The molecule has 2 aliphatic rings. The number of benzene rings is 2. The molecular weight excluding hydrogens is 307 g/mol. The Morgan fingerprint density at radius 1 is 1.16 bits per heavy atom. The summed E-state index contributed by atoms with van der Waals surface area (Å²) in [5, 5.41) is 2.58. The molecule has 4 heteroatoms. The SMILES string of the molecule is CC1CN(C)C(=O)C12Cc1cc3ccc(CCCN)cc3cc1C2.[B]. The van der Waals surface area contributed by atoms with Crippen LogP contribution in [0.3, 0.4) is 0 Å². The fourth-order valence-corrected chi connectivity index (χ4v) is 4.73. The van der Waals surface area contributed by atoms with E-state index >= 15 is 0 Å². The first kappa shape index (κ1) is 18.0. The molecule has 0 saturated carbocycles. The molecule has 3 nitrogen and oxygen atoms in total. The second kappa shape index (κ2) is 6.49. The van der Waals surface area contributed by atoms with Crippen molar-refractivity contribution in [1.29, 1.82) is 0 Å². The second-order valence-electron chi connectivity index (χ2n) is 7.79. The maximum Gasteiger partial charge on any atom is 0.229 e. The van der Waals surface area contributed by atoms with Gasteiger partial charge in [-0.15, -0.1) is 0 Å². The summed E-state index contributed by atoms with van der Waals surface area (Å²) in [5.74, 6) is 0.754. The Hall–Kier alpha value is -1.81. The van der Waals surface area contributed by atoms with Gasteiger partial charge in [-0.25, -0.2) is 0 Å². The molecule has 0 aromatic heterocycles. The molecule has 2 unspecified atom stereocenters. The molecule has 2 atom stereocenters. The third kappa shape index (κ3) is 2.77. The molecule has 2 aromatic rings. The molecule has 1 saturated heterocycles. The van der Waals surface area contributed by atoms with Crippen LogP contribution in [-0.4, -0.2) is 39.4 Å². The van der Waals surface area contributed by atoms with Crippen LogP contribution in [0.25, 0.3) is 10.8 Å². The maximum atomic E-state index is 12.8. The number of nitrogens with zero attached hydrogens (tertiary/aromatic N) is 1. The van der Waals surface area contributed by atoms with Gasteiger partial charge >= 0.3 is 0 Å². The number of aryl methyl sites for hydroxylation is 1. The number of carbonyl (C=O) groups excluding carboxylic acids is 1. The van der Waals surface area contributed by atoms with Crippen LogP contribution in [0.15, 0.2) is 30.3 Å². The van der Waals surface area contributed by atoms with E-state index in [0.29, 0.717) is 11.8 Å². The number of amides is 1. The number of hydrogen-bond acceptors (Lipinski definition) is 2. The maximum absolute atomic E-state index is 12.8. The van der Waals surface area contributed by atoms with Crippen LogP contribution in [0.4, 0.5) is 0 Å². The van der Waals surface area contributed by atoms with Gasteiger partial charge in [0.15, 0.2) is 0 Å². The van der Waals surface area contributed by atoms with E-state index in [4.69, 9.17) is 5.73 Å². The lowest BCUT2D eigenvalue weighted by Crippen LogP contribution is -2.35. The minimum Gasteiger partial charge on any atom is -0.345 e. The van der Waals surface area contributed by atoms with Gasteiger partial charge in [-0.3, -0.25) is 4.79 Å². The summed E-state index contributed by atoms with van der Waals surface area (Å²) in [5.41, 5.74) is 9.52. The second-order valence-corrected chi connectivity index (χ2v) is 7.79. The normalized spacial score (nSPS) is 24.8. The zero-order valence-electron chi connectivity index (χ0n) is 15.2. The largest absolute Gasteiger partial charge is 0.345 e. The van der Waals surface area contributed by atoms with E-state index in [-0.39, 0.29) is 13.8 Å². The van der Waals surface area contributed by atoms with E-state index in [1.807, 2.05) is 11.9 Å². The van der Waals surface area contributed by atoms with Gasteiger partial charge in [0.25, 0.3) is 0 Å². The van der Waals surface area contributed by atoms with Crippen molar-refractivity contribution >= 4 is 25.1 Å². The van der Waals surface area contributed by atoms with E-state index in [1.54, 1.807) is 0 Å². The monoisotopic (exact) mass is 333 g/mol. The molecule has 1 fully saturated rings. The molecule has 2 N–H and O–H groups in total. The first-order valence-corrected chi connectivity index (χ1v) is 9.03. The van der Waals surface area contributed by atoms with Crippen molar-refractivity contribution in [2.75, 3.05) is 20.1 Å². The third-order valence-electron chi connectivity index (χ3n) is 6.17. The lowest BCUT2D eigenvalue weighted by molar-refractivity contribution is -0.135. The van der Waals surface area contributed by atoms with Gasteiger partial charge in [0.2, 0.25) is 5.91 Å². The molecule has 1 spiro atoms. The lowest BCUT2D eigenvalue weighted by atomic mass is 9.76. The quantitative estimate of drug-likeness (QED) is 0.878. The van der Waals surface area contributed by atoms with Gasteiger partial charge in [-0.05, 0) is 65.6 Å². The van der Waals surface area contributed by atoms with E-state index in [9.17, 15) is 4.79 Å². The van der Waals surface area contributed by atoms with Crippen LogP contribution in [0.1, 0.15) is 30.0 Å². The van der Waals surface area contributed by atoms with E-state index in [1.165, 1.54) is 27.5 Å². The Bertz CT molecular complexity index is 819. The average Bonchev–Trinajstić information content (AvgIpc) is 3.04. The van der Waals surface area contributed by atoms with Crippen molar-refractivity contribution < 1.29 is 4.79 Å². The summed E-state index contributed by atoms with van der Waals surface area (Å²) in [4.78, 5) is 14.7. The summed E-state index contributed by atoms with van der Waals surface area (Å²) in [6.45, 7) is 3.85. The van der Waals surface area contributed by atoms with Crippen LogP contribution in [0, 0.1) is 11.3 Å². The van der Waals surface area contributed by atoms with Gasteiger partial charge in [0.1, 0.15) is 0 Å². The average molecular weight is 333 g/mol. The number of nitrogens with two attached hydrogens (primary N) is 1. The summed E-state index contributed by atoms with van der Waals surface area (Å²) >= 11 is 0. The molecule has 129 valence electrons. The standard InChI is InChI=1S/C21H26N2O.B/c1-14-13-23(2)20(24)21(14)11-18-9-16-6-5-15(4-3-7-22)8-17(16)10-19(18)12-21;/h5-6,8-10,14H,3-4,7,11-13,22H2,1-2H3;.